The van der Waals surface area contributed by atoms with Gasteiger partial charge in [0.1, 0.15) is 6.17 Å². The van der Waals surface area contributed by atoms with Gasteiger partial charge in [-0.05, 0) is 38.1 Å². The van der Waals surface area contributed by atoms with E-state index in [1.807, 2.05) is 0 Å². The molecular weight excluding hydrogens is 253 g/mol. The first-order valence-corrected chi connectivity index (χ1v) is 7.65. The molecule has 0 radical (unpaired) electrons. The Labute approximate surface area is 121 Å². The van der Waals surface area contributed by atoms with E-state index in [4.69, 9.17) is 0 Å². The molecule has 0 spiro atoms. The van der Waals surface area contributed by atoms with Crippen LogP contribution in [0.15, 0.2) is 24.3 Å². The summed E-state index contributed by atoms with van der Waals surface area (Å²) in [7, 11) is 2.18. The fourth-order valence-electron chi connectivity index (χ4n) is 3.06. The van der Waals surface area contributed by atoms with Crippen LogP contribution in [-0.2, 0) is 0 Å². The van der Waals surface area contributed by atoms with Gasteiger partial charge in [-0.2, -0.15) is 0 Å². The molecule has 1 aromatic carbocycles. The first kappa shape index (κ1) is 13.7. The maximum atomic E-state index is 13.2. The average Bonchev–Trinajstić information content (AvgIpc) is 2.49. The van der Waals surface area contributed by atoms with Crippen LogP contribution in [0.5, 0.6) is 0 Å². The molecule has 3 rings (SSSR count). The van der Waals surface area contributed by atoms with Crippen LogP contribution in [0.4, 0.5) is 15.8 Å². The van der Waals surface area contributed by atoms with Crippen molar-refractivity contribution in [3.63, 3.8) is 0 Å². The molecule has 0 unspecified atom stereocenters. The number of rotatable bonds is 2. The molecule has 2 aliphatic rings. The van der Waals surface area contributed by atoms with Crippen molar-refractivity contribution in [2.45, 2.75) is 19.0 Å². The Morgan fingerprint density at radius 2 is 1.45 bits per heavy atom. The van der Waals surface area contributed by atoms with E-state index >= 15 is 0 Å². The Kier molecular flexibility index (Phi) is 4.10. The van der Waals surface area contributed by atoms with E-state index in [0.717, 1.165) is 39.3 Å². The van der Waals surface area contributed by atoms with Gasteiger partial charge in [-0.1, -0.05) is 6.07 Å². The summed E-state index contributed by atoms with van der Waals surface area (Å²) < 4.78 is 13.2. The highest BCUT2D eigenvalue weighted by Crippen LogP contribution is 2.26. The van der Waals surface area contributed by atoms with Crippen LogP contribution in [0.2, 0.25) is 0 Å². The van der Waals surface area contributed by atoms with Crippen molar-refractivity contribution in [3.8, 4) is 0 Å². The van der Waals surface area contributed by atoms with Gasteiger partial charge in [0.15, 0.2) is 0 Å². The summed E-state index contributed by atoms with van der Waals surface area (Å²) >= 11 is 0. The molecule has 2 aliphatic heterocycles. The minimum absolute atomic E-state index is 0.605. The summed E-state index contributed by atoms with van der Waals surface area (Å²) in [5.41, 5.74) is 2.55. The average molecular weight is 277 g/mol. The van der Waals surface area contributed by atoms with Gasteiger partial charge in [0, 0.05) is 50.6 Å². The van der Waals surface area contributed by atoms with Crippen LogP contribution >= 0.6 is 0 Å². The van der Waals surface area contributed by atoms with E-state index in [1.165, 1.54) is 11.4 Å². The van der Waals surface area contributed by atoms with Gasteiger partial charge in [-0.15, -0.1) is 0 Å². The number of piperidine rings is 1. The quantitative estimate of drug-likeness (QED) is 0.822. The molecule has 0 atom stereocenters. The van der Waals surface area contributed by atoms with Gasteiger partial charge in [0.2, 0.25) is 0 Å². The molecule has 0 aliphatic carbocycles. The van der Waals surface area contributed by atoms with Gasteiger partial charge < -0.3 is 14.7 Å². The van der Waals surface area contributed by atoms with Crippen molar-refractivity contribution < 1.29 is 4.39 Å². The van der Waals surface area contributed by atoms with Gasteiger partial charge in [0.25, 0.3) is 0 Å². The number of halogens is 1. The molecule has 2 heterocycles. The molecule has 2 fully saturated rings. The second kappa shape index (κ2) is 6.00. The zero-order valence-corrected chi connectivity index (χ0v) is 12.3. The molecule has 0 bridgehead atoms. The number of hydrogen-bond acceptors (Lipinski definition) is 3. The molecule has 2 saturated heterocycles. The van der Waals surface area contributed by atoms with E-state index in [-0.39, 0.29) is 0 Å². The number of hydrogen-bond donors (Lipinski definition) is 0. The van der Waals surface area contributed by atoms with Crippen molar-refractivity contribution in [3.05, 3.63) is 24.3 Å². The topological polar surface area (TPSA) is 9.72 Å². The number of likely N-dealkylation sites (N-methyl/N-ethyl adjacent to an activating group) is 1. The molecular formula is C16H24FN3. The Morgan fingerprint density at radius 3 is 2.05 bits per heavy atom. The second-order valence-electron chi connectivity index (χ2n) is 5.97. The minimum Gasteiger partial charge on any atom is -0.371 e. The standard InChI is InChI=1S/C16H24FN3/c1-18-9-11-20(12-10-18)16-4-2-3-15(13-16)19-7-5-14(17)6-8-19/h2-4,13-14H,5-12H2,1H3. The molecule has 0 saturated carbocycles. The number of anilines is 2. The first-order chi connectivity index (χ1) is 9.72. The number of alkyl halides is 1. The van der Waals surface area contributed by atoms with Gasteiger partial charge >= 0.3 is 0 Å². The normalized spacial score (nSPS) is 22.3. The van der Waals surface area contributed by atoms with Gasteiger partial charge in [0.05, 0.1) is 0 Å². The van der Waals surface area contributed by atoms with Crippen molar-refractivity contribution in [1.82, 2.24) is 4.90 Å². The van der Waals surface area contributed by atoms with Crippen molar-refractivity contribution in [2.24, 2.45) is 0 Å². The minimum atomic E-state index is -0.605. The van der Waals surface area contributed by atoms with Gasteiger partial charge in [-0.25, -0.2) is 4.39 Å². The lowest BCUT2D eigenvalue weighted by Gasteiger charge is -2.35. The lowest BCUT2D eigenvalue weighted by molar-refractivity contribution is 0.277. The largest absolute Gasteiger partial charge is 0.371 e. The highest BCUT2D eigenvalue weighted by molar-refractivity contribution is 5.59. The van der Waals surface area contributed by atoms with Crippen LogP contribution in [0.1, 0.15) is 12.8 Å². The zero-order valence-electron chi connectivity index (χ0n) is 12.3. The predicted molar refractivity (Wildman–Crippen MR) is 82.5 cm³/mol. The molecule has 0 amide bonds. The third-order valence-electron chi connectivity index (χ3n) is 4.49. The highest BCUT2D eigenvalue weighted by Gasteiger charge is 2.20. The van der Waals surface area contributed by atoms with E-state index in [1.54, 1.807) is 0 Å². The molecule has 0 aromatic heterocycles. The van der Waals surface area contributed by atoms with E-state index in [0.29, 0.717) is 12.8 Å². The van der Waals surface area contributed by atoms with Crippen LogP contribution < -0.4 is 9.80 Å². The zero-order chi connectivity index (χ0) is 13.9. The summed E-state index contributed by atoms with van der Waals surface area (Å²) in [5.74, 6) is 0. The maximum absolute atomic E-state index is 13.2. The van der Waals surface area contributed by atoms with Crippen molar-refractivity contribution in [1.29, 1.82) is 0 Å². The molecule has 1 aromatic rings. The van der Waals surface area contributed by atoms with Crippen LogP contribution in [-0.4, -0.2) is 57.4 Å². The second-order valence-corrected chi connectivity index (χ2v) is 5.97. The summed E-state index contributed by atoms with van der Waals surface area (Å²) in [5, 5.41) is 0. The van der Waals surface area contributed by atoms with E-state index < -0.39 is 6.17 Å². The van der Waals surface area contributed by atoms with Crippen molar-refractivity contribution >= 4 is 11.4 Å². The van der Waals surface area contributed by atoms with Crippen LogP contribution in [0.3, 0.4) is 0 Å². The Balaban J connectivity index is 1.69. The number of piperazine rings is 1. The third kappa shape index (κ3) is 3.06. The van der Waals surface area contributed by atoms with Gasteiger partial charge in [-0.3, -0.25) is 0 Å². The Hall–Kier alpha value is -1.29. The van der Waals surface area contributed by atoms with Crippen LogP contribution in [0.25, 0.3) is 0 Å². The molecule has 110 valence electrons. The fraction of sp³-hybridized carbons (Fsp3) is 0.625. The van der Waals surface area contributed by atoms with Crippen molar-refractivity contribution in [2.75, 3.05) is 56.1 Å². The molecule has 3 nitrogen and oxygen atoms in total. The maximum Gasteiger partial charge on any atom is 0.103 e. The SMILES string of the molecule is CN1CCN(c2cccc(N3CCC(F)CC3)c2)CC1. The smallest absolute Gasteiger partial charge is 0.103 e. The molecule has 0 N–H and O–H groups in total. The lowest BCUT2D eigenvalue weighted by atomic mass is 10.1. The highest BCUT2D eigenvalue weighted by atomic mass is 19.1. The van der Waals surface area contributed by atoms with E-state index in [9.17, 15) is 4.39 Å². The van der Waals surface area contributed by atoms with Crippen LogP contribution in [0, 0.1) is 0 Å². The Bertz CT molecular complexity index is 398. The summed E-state index contributed by atoms with van der Waals surface area (Å²) in [6.45, 7) is 6.11. The van der Waals surface area contributed by atoms with E-state index in [2.05, 4.69) is 46.0 Å². The number of benzene rings is 1. The molecule has 20 heavy (non-hydrogen) atoms. The summed E-state index contributed by atoms with van der Waals surface area (Å²) in [6.07, 6.45) is 0.726. The molecule has 4 heteroatoms. The summed E-state index contributed by atoms with van der Waals surface area (Å²) in [4.78, 5) is 7.13. The third-order valence-corrected chi connectivity index (χ3v) is 4.49. The first-order valence-electron chi connectivity index (χ1n) is 7.65. The number of nitrogens with zero attached hydrogens (tertiary/aromatic N) is 3. The summed E-state index contributed by atoms with van der Waals surface area (Å²) in [6, 6.07) is 8.74. The fourth-order valence-corrected chi connectivity index (χ4v) is 3.06. The Morgan fingerprint density at radius 1 is 0.900 bits per heavy atom. The monoisotopic (exact) mass is 277 g/mol. The predicted octanol–water partition coefficient (Wildman–Crippen LogP) is 2.38. The lowest BCUT2D eigenvalue weighted by Crippen LogP contribution is -2.44.